The number of amides is 2. The summed E-state index contributed by atoms with van der Waals surface area (Å²) in [7, 11) is 1.59. The number of nitrogens with one attached hydrogen (secondary N) is 2. The first-order valence-electron chi connectivity index (χ1n) is 9.45. The van der Waals surface area contributed by atoms with E-state index in [0.717, 1.165) is 23.3 Å². The van der Waals surface area contributed by atoms with Crippen molar-refractivity contribution in [2.75, 3.05) is 19.0 Å². The summed E-state index contributed by atoms with van der Waals surface area (Å²) in [6, 6.07) is 22.2. The molecule has 0 fully saturated rings. The first kappa shape index (κ1) is 20.1. The Morgan fingerprint density at radius 3 is 2.34 bits per heavy atom. The van der Waals surface area contributed by atoms with Crippen molar-refractivity contribution in [3.8, 4) is 5.75 Å². The van der Waals surface area contributed by atoms with Gasteiger partial charge in [0.15, 0.2) is 0 Å². The topological polar surface area (TPSA) is 67.4 Å². The van der Waals surface area contributed by atoms with Crippen LogP contribution in [0.5, 0.6) is 5.75 Å². The van der Waals surface area contributed by atoms with Gasteiger partial charge in [0.1, 0.15) is 5.75 Å². The molecule has 0 saturated heterocycles. The number of benzene rings is 3. The van der Waals surface area contributed by atoms with Gasteiger partial charge in [0.05, 0.1) is 18.4 Å². The normalized spacial score (nSPS) is 10.3. The van der Waals surface area contributed by atoms with Gasteiger partial charge in [-0.1, -0.05) is 42.5 Å². The third-order valence-corrected chi connectivity index (χ3v) is 4.62. The number of rotatable bonds is 7. The van der Waals surface area contributed by atoms with Crippen molar-refractivity contribution in [3.63, 3.8) is 0 Å². The number of ether oxygens (including phenoxy) is 1. The number of carbonyl (C=O) groups is 2. The molecule has 0 spiro atoms. The van der Waals surface area contributed by atoms with Crippen molar-refractivity contribution < 1.29 is 14.3 Å². The van der Waals surface area contributed by atoms with Crippen LogP contribution in [0.2, 0.25) is 0 Å². The number of anilines is 1. The lowest BCUT2D eigenvalue weighted by Gasteiger charge is -2.12. The molecule has 0 aromatic heterocycles. The van der Waals surface area contributed by atoms with Gasteiger partial charge in [-0.05, 0) is 54.8 Å². The minimum atomic E-state index is -0.278. The molecule has 0 radical (unpaired) electrons. The van der Waals surface area contributed by atoms with Crippen LogP contribution in [0.4, 0.5) is 5.69 Å². The predicted octanol–water partition coefficient (Wildman–Crippen LogP) is 4.23. The van der Waals surface area contributed by atoms with Crippen LogP contribution < -0.4 is 15.4 Å². The smallest absolute Gasteiger partial charge is 0.255 e. The van der Waals surface area contributed by atoms with Gasteiger partial charge in [-0.25, -0.2) is 0 Å². The van der Waals surface area contributed by atoms with Crippen LogP contribution in [0.15, 0.2) is 72.8 Å². The second-order valence-electron chi connectivity index (χ2n) is 6.68. The fraction of sp³-hybridized carbons (Fsp3) is 0.167. The molecule has 0 heterocycles. The summed E-state index contributed by atoms with van der Waals surface area (Å²) < 4.78 is 5.23. The van der Waals surface area contributed by atoms with E-state index in [1.165, 1.54) is 0 Å². The second-order valence-corrected chi connectivity index (χ2v) is 6.68. The summed E-state index contributed by atoms with van der Waals surface area (Å²) in [5, 5.41) is 5.76. The fourth-order valence-corrected chi connectivity index (χ4v) is 3.06. The van der Waals surface area contributed by atoms with E-state index in [9.17, 15) is 9.59 Å². The molecule has 2 amide bonds. The zero-order valence-corrected chi connectivity index (χ0v) is 16.6. The maximum Gasteiger partial charge on any atom is 0.255 e. The first-order chi connectivity index (χ1) is 14.1. The second kappa shape index (κ2) is 9.55. The van der Waals surface area contributed by atoms with Gasteiger partial charge in [0.2, 0.25) is 0 Å². The minimum absolute atomic E-state index is 0.220. The van der Waals surface area contributed by atoms with E-state index in [2.05, 4.69) is 10.6 Å². The molecule has 5 nitrogen and oxygen atoms in total. The summed E-state index contributed by atoms with van der Waals surface area (Å²) in [5.41, 5.74) is 3.43. The van der Waals surface area contributed by atoms with Crippen LogP contribution in [0.3, 0.4) is 0 Å². The van der Waals surface area contributed by atoms with Crippen LogP contribution in [0, 0.1) is 6.92 Å². The Hall–Kier alpha value is -3.60. The Morgan fingerprint density at radius 1 is 0.897 bits per heavy atom. The summed E-state index contributed by atoms with van der Waals surface area (Å²) in [6.45, 7) is 2.40. The van der Waals surface area contributed by atoms with E-state index in [-0.39, 0.29) is 11.8 Å². The van der Waals surface area contributed by atoms with Crippen LogP contribution in [0.25, 0.3) is 0 Å². The third kappa shape index (κ3) is 5.23. The van der Waals surface area contributed by atoms with Gasteiger partial charge in [-0.2, -0.15) is 0 Å². The van der Waals surface area contributed by atoms with E-state index in [4.69, 9.17) is 4.74 Å². The zero-order valence-electron chi connectivity index (χ0n) is 16.6. The highest BCUT2D eigenvalue weighted by Crippen LogP contribution is 2.21. The largest absolute Gasteiger partial charge is 0.496 e. The fourth-order valence-electron chi connectivity index (χ4n) is 3.06. The SMILES string of the molecule is COc1ccc(C(=O)Nc2ccccc2C(=O)NCCc2ccccc2)cc1C. The molecule has 5 heteroatoms. The molecule has 0 atom stereocenters. The Balaban J connectivity index is 1.67. The van der Waals surface area contributed by atoms with Crippen molar-refractivity contribution in [2.24, 2.45) is 0 Å². The van der Waals surface area contributed by atoms with Crippen LogP contribution in [-0.4, -0.2) is 25.5 Å². The van der Waals surface area contributed by atoms with Crippen molar-refractivity contribution in [1.82, 2.24) is 5.32 Å². The maximum absolute atomic E-state index is 12.7. The number of hydrogen-bond donors (Lipinski definition) is 2. The predicted molar refractivity (Wildman–Crippen MR) is 115 cm³/mol. The standard InChI is InChI=1S/C24H24N2O3/c1-17-16-19(12-13-22(17)29-2)23(27)26-21-11-7-6-10-20(21)24(28)25-15-14-18-8-4-3-5-9-18/h3-13,16H,14-15H2,1-2H3,(H,25,28)(H,26,27). The lowest BCUT2D eigenvalue weighted by atomic mass is 10.1. The van der Waals surface area contributed by atoms with Crippen LogP contribution in [0.1, 0.15) is 31.8 Å². The Morgan fingerprint density at radius 2 is 1.62 bits per heavy atom. The summed E-state index contributed by atoms with van der Waals surface area (Å²) in [5.74, 6) is 0.225. The lowest BCUT2D eigenvalue weighted by molar-refractivity contribution is 0.0955. The van der Waals surface area contributed by atoms with Crippen molar-refractivity contribution in [1.29, 1.82) is 0 Å². The minimum Gasteiger partial charge on any atom is -0.496 e. The number of methoxy groups -OCH3 is 1. The van der Waals surface area contributed by atoms with Crippen molar-refractivity contribution in [2.45, 2.75) is 13.3 Å². The average Bonchev–Trinajstić information content (AvgIpc) is 2.74. The van der Waals surface area contributed by atoms with Gasteiger partial charge in [-0.15, -0.1) is 0 Å². The number of aryl methyl sites for hydroxylation is 1. The molecule has 3 aromatic carbocycles. The highest BCUT2D eigenvalue weighted by atomic mass is 16.5. The molecule has 0 saturated carbocycles. The summed E-state index contributed by atoms with van der Waals surface area (Å²) in [6.07, 6.45) is 0.742. The summed E-state index contributed by atoms with van der Waals surface area (Å²) >= 11 is 0. The molecule has 0 unspecified atom stereocenters. The van der Waals surface area contributed by atoms with E-state index in [0.29, 0.717) is 23.4 Å². The van der Waals surface area contributed by atoms with E-state index in [1.807, 2.05) is 37.3 Å². The molecule has 148 valence electrons. The maximum atomic E-state index is 12.7. The quantitative estimate of drug-likeness (QED) is 0.637. The average molecular weight is 388 g/mol. The van der Waals surface area contributed by atoms with Gasteiger partial charge in [0, 0.05) is 12.1 Å². The van der Waals surface area contributed by atoms with Crippen LogP contribution >= 0.6 is 0 Å². The molecule has 29 heavy (non-hydrogen) atoms. The molecule has 3 rings (SSSR count). The Bertz CT molecular complexity index is 1000. The van der Waals surface area contributed by atoms with E-state index >= 15 is 0 Å². The number of hydrogen-bond acceptors (Lipinski definition) is 3. The molecular formula is C24H24N2O3. The third-order valence-electron chi connectivity index (χ3n) is 4.62. The monoisotopic (exact) mass is 388 g/mol. The van der Waals surface area contributed by atoms with Gasteiger partial charge >= 0.3 is 0 Å². The van der Waals surface area contributed by atoms with Gasteiger partial charge in [0.25, 0.3) is 11.8 Å². The molecular weight excluding hydrogens is 364 g/mol. The van der Waals surface area contributed by atoms with E-state index in [1.54, 1.807) is 49.6 Å². The molecule has 0 aliphatic rings. The highest BCUT2D eigenvalue weighted by molar-refractivity contribution is 6.09. The highest BCUT2D eigenvalue weighted by Gasteiger charge is 2.14. The van der Waals surface area contributed by atoms with Crippen LogP contribution in [-0.2, 0) is 6.42 Å². The van der Waals surface area contributed by atoms with Crippen molar-refractivity contribution in [3.05, 3.63) is 95.1 Å². The van der Waals surface area contributed by atoms with Crippen molar-refractivity contribution >= 4 is 17.5 Å². The van der Waals surface area contributed by atoms with Gasteiger partial charge in [-0.3, -0.25) is 9.59 Å². The summed E-state index contributed by atoms with van der Waals surface area (Å²) in [4.78, 5) is 25.3. The molecule has 0 aliphatic heterocycles. The Kier molecular flexibility index (Phi) is 6.63. The first-order valence-corrected chi connectivity index (χ1v) is 9.45. The lowest BCUT2D eigenvalue weighted by Crippen LogP contribution is -2.27. The molecule has 0 bridgehead atoms. The molecule has 3 aromatic rings. The molecule has 2 N–H and O–H groups in total. The van der Waals surface area contributed by atoms with Gasteiger partial charge < -0.3 is 15.4 Å². The Labute approximate surface area is 170 Å². The number of para-hydroxylation sites is 1. The zero-order chi connectivity index (χ0) is 20.6. The number of carbonyl (C=O) groups excluding carboxylic acids is 2. The molecule has 0 aliphatic carbocycles. The van der Waals surface area contributed by atoms with E-state index < -0.39 is 0 Å².